The van der Waals surface area contributed by atoms with Crippen molar-refractivity contribution in [3.8, 4) is 5.75 Å². The monoisotopic (exact) mass is 248 g/mol. The molecule has 0 bridgehead atoms. The first-order valence-corrected chi connectivity index (χ1v) is 6.60. The summed E-state index contributed by atoms with van der Waals surface area (Å²) in [5.74, 6) is 0.0498. The molecular formula is C13H12O3S. The third-order valence-corrected chi connectivity index (χ3v) is 4.46. The van der Waals surface area contributed by atoms with Crippen molar-refractivity contribution in [2.24, 2.45) is 0 Å². The van der Waals surface area contributed by atoms with Crippen LogP contribution in [0.5, 0.6) is 5.75 Å². The zero-order valence-electron chi connectivity index (χ0n) is 9.29. The van der Waals surface area contributed by atoms with E-state index in [1.54, 1.807) is 31.2 Å². The van der Waals surface area contributed by atoms with E-state index in [9.17, 15) is 8.42 Å². The smallest absolute Gasteiger partial charge is 0.206 e. The van der Waals surface area contributed by atoms with Gasteiger partial charge in [0.25, 0.3) is 0 Å². The molecule has 0 heterocycles. The molecule has 0 aliphatic rings. The van der Waals surface area contributed by atoms with Crippen molar-refractivity contribution in [2.75, 3.05) is 0 Å². The van der Waals surface area contributed by atoms with Crippen LogP contribution in [0.25, 0.3) is 0 Å². The van der Waals surface area contributed by atoms with Crippen LogP contribution >= 0.6 is 0 Å². The van der Waals surface area contributed by atoms with Crippen LogP contribution in [-0.4, -0.2) is 13.5 Å². The van der Waals surface area contributed by atoms with Gasteiger partial charge in [-0.1, -0.05) is 18.2 Å². The molecule has 0 amide bonds. The maximum absolute atomic E-state index is 12.3. The molecule has 0 aromatic heterocycles. The molecule has 0 unspecified atom stereocenters. The van der Waals surface area contributed by atoms with E-state index < -0.39 is 9.84 Å². The van der Waals surface area contributed by atoms with E-state index in [0.717, 1.165) is 0 Å². The molecule has 0 saturated carbocycles. The first-order chi connectivity index (χ1) is 8.01. The quantitative estimate of drug-likeness (QED) is 0.888. The molecule has 88 valence electrons. The second-order valence-corrected chi connectivity index (χ2v) is 5.68. The number of sulfone groups is 1. The molecular weight excluding hydrogens is 236 g/mol. The molecule has 0 aliphatic heterocycles. The first kappa shape index (κ1) is 11.7. The number of hydrogen-bond donors (Lipinski definition) is 1. The Kier molecular flexibility index (Phi) is 2.90. The predicted octanol–water partition coefficient (Wildman–Crippen LogP) is 2.53. The van der Waals surface area contributed by atoms with Crippen molar-refractivity contribution in [3.63, 3.8) is 0 Å². The van der Waals surface area contributed by atoms with Crippen molar-refractivity contribution >= 4 is 9.84 Å². The number of rotatable bonds is 2. The van der Waals surface area contributed by atoms with Gasteiger partial charge < -0.3 is 5.11 Å². The molecule has 2 aromatic rings. The van der Waals surface area contributed by atoms with Gasteiger partial charge in [-0.05, 0) is 42.8 Å². The highest BCUT2D eigenvalue weighted by atomic mass is 32.2. The number of aromatic hydroxyl groups is 1. The minimum Gasteiger partial charge on any atom is -0.508 e. The summed E-state index contributed by atoms with van der Waals surface area (Å²) in [7, 11) is -3.50. The van der Waals surface area contributed by atoms with E-state index >= 15 is 0 Å². The van der Waals surface area contributed by atoms with Gasteiger partial charge in [0.05, 0.1) is 9.79 Å². The van der Waals surface area contributed by atoms with E-state index in [1.165, 1.54) is 24.3 Å². The van der Waals surface area contributed by atoms with Gasteiger partial charge in [0, 0.05) is 0 Å². The molecule has 2 aromatic carbocycles. The second kappa shape index (κ2) is 4.22. The van der Waals surface area contributed by atoms with Crippen LogP contribution in [0.3, 0.4) is 0 Å². The molecule has 3 nitrogen and oxygen atoms in total. The molecule has 0 atom stereocenters. The summed E-state index contributed by atoms with van der Waals surface area (Å²) in [4.78, 5) is 0.482. The number of hydrogen-bond acceptors (Lipinski definition) is 3. The molecule has 4 heteroatoms. The fourth-order valence-corrected chi connectivity index (χ4v) is 3.11. The van der Waals surface area contributed by atoms with Crippen LogP contribution in [0.2, 0.25) is 0 Å². The van der Waals surface area contributed by atoms with Gasteiger partial charge in [0.1, 0.15) is 5.75 Å². The highest BCUT2D eigenvalue weighted by molar-refractivity contribution is 7.91. The molecule has 0 saturated heterocycles. The number of phenols is 1. The predicted molar refractivity (Wildman–Crippen MR) is 64.7 cm³/mol. The van der Waals surface area contributed by atoms with Gasteiger partial charge in [-0.2, -0.15) is 0 Å². The van der Waals surface area contributed by atoms with Crippen molar-refractivity contribution < 1.29 is 13.5 Å². The number of aryl methyl sites for hydroxylation is 1. The minimum absolute atomic E-state index is 0.0498. The highest BCUT2D eigenvalue weighted by Crippen LogP contribution is 2.24. The van der Waals surface area contributed by atoms with Gasteiger partial charge >= 0.3 is 0 Å². The Morgan fingerprint density at radius 1 is 0.941 bits per heavy atom. The second-order valence-electron chi connectivity index (χ2n) is 3.76. The Labute approximate surface area is 100 Å². The molecule has 0 radical (unpaired) electrons. The van der Waals surface area contributed by atoms with Gasteiger partial charge in [-0.25, -0.2) is 8.42 Å². The fraction of sp³-hybridized carbons (Fsp3) is 0.0769. The maximum Gasteiger partial charge on any atom is 0.206 e. The minimum atomic E-state index is -3.50. The van der Waals surface area contributed by atoms with E-state index in [1.807, 2.05) is 0 Å². The van der Waals surface area contributed by atoms with Crippen LogP contribution < -0.4 is 0 Å². The summed E-state index contributed by atoms with van der Waals surface area (Å²) >= 11 is 0. The Morgan fingerprint density at radius 2 is 1.53 bits per heavy atom. The van der Waals surface area contributed by atoms with Gasteiger partial charge in [-0.15, -0.1) is 0 Å². The lowest BCUT2D eigenvalue weighted by Crippen LogP contribution is -2.03. The third-order valence-electron chi connectivity index (χ3n) is 2.53. The zero-order chi connectivity index (χ0) is 12.5. The molecule has 0 fully saturated rings. The lowest BCUT2D eigenvalue weighted by Gasteiger charge is -2.07. The van der Waals surface area contributed by atoms with Crippen molar-refractivity contribution in [1.29, 1.82) is 0 Å². The van der Waals surface area contributed by atoms with Crippen molar-refractivity contribution in [3.05, 3.63) is 54.1 Å². The summed E-state index contributed by atoms with van der Waals surface area (Å²) in [5.41, 5.74) is 0.709. The Hall–Kier alpha value is -1.81. The lowest BCUT2D eigenvalue weighted by molar-refractivity contribution is 0.475. The standard InChI is InChI=1S/C13H12O3S/c1-10-4-2-3-5-13(10)17(15,16)12-8-6-11(14)7-9-12/h2-9,14H,1H3. The van der Waals surface area contributed by atoms with E-state index in [2.05, 4.69) is 0 Å². The normalized spacial score (nSPS) is 11.4. The van der Waals surface area contributed by atoms with Crippen LogP contribution in [0.4, 0.5) is 0 Å². The average Bonchev–Trinajstić information content (AvgIpc) is 2.30. The Morgan fingerprint density at radius 3 is 2.12 bits per heavy atom. The fourth-order valence-electron chi connectivity index (χ4n) is 1.61. The van der Waals surface area contributed by atoms with Crippen LogP contribution in [-0.2, 0) is 9.84 Å². The van der Waals surface area contributed by atoms with Crippen molar-refractivity contribution in [1.82, 2.24) is 0 Å². The number of benzene rings is 2. The van der Waals surface area contributed by atoms with E-state index in [4.69, 9.17) is 5.11 Å². The van der Waals surface area contributed by atoms with Gasteiger partial charge in [-0.3, -0.25) is 0 Å². The topological polar surface area (TPSA) is 54.4 Å². The molecule has 0 spiro atoms. The lowest BCUT2D eigenvalue weighted by atomic mass is 10.2. The third kappa shape index (κ3) is 2.17. The summed E-state index contributed by atoms with van der Waals surface area (Å²) in [6, 6.07) is 12.4. The van der Waals surface area contributed by atoms with Gasteiger partial charge in [0.2, 0.25) is 9.84 Å². The number of phenolic OH excluding ortho intramolecular Hbond substituents is 1. The zero-order valence-corrected chi connectivity index (χ0v) is 10.1. The van der Waals surface area contributed by atoms with Crippen LogP contribution in [0, 0.1) is 6.92 Å². The van der Waals surface area contributed by atoms with Crippen molar-refractivity contribution in [2.45, 2.75) is 16.7 Å². The Balaban J connectivity index is 2.58. The summed E-state index contributed by atoms with van der Waals surface area (Å²) in [6.07, 6.45) is 0. The maximum atomic E-state index is 12.3. The van der Waals surface area contributed by atoms with Crippen LogP contribution in [0.15, 0.2) is 58.3 Å². The van der Waals surface area contributed by atoms with E-state index in [0.29, 0.717) is 10.5 Å². The summed E-state index contributed by atoms with van der Waals surface area (Å²) < 4.78 is 24.6. The summed E-state index contributed by atoms with van der Waals surface area (Å²) in [6.45, 7) is 1.76. The summed E-state index contributed by atoms with van der Waals surface area (Å²) in [5, 5.41) is 9.15. The molecule has 17 heavy (non-hydrogen) atoms. The van der Waals surface area contributed by atoms with Crippen LogP contribution in [0.1, 0.15) is 5.56 Å². The highest BCUT2D eigenvalue weighted by Gasteiger charge is 2.18. The molecule has 0 aliphatic carbocycles. The Bertz CT molecular complexity index is 628. The first-order valence-electron chi connectivity index (χ1n) is 5.11. The SMILES string of the molecule is Cc1ccccc1S(=O)(=O)c1ccc(O)cc1. The molecule has 2 rings (SSSR count). The molecule has 1 N–H and O–H groups in total. The van der Waals surface area contributed by atoms with E-state index in [-0.39, 0.29) is 10.6 Å². The van der Waals surface area contributed by atoms with Gasteiger partial charge in [0.15, 0.2) is 0 Å². The largest absolute Gasteiger partial charge is 0.508 e. The average molecular weight is 248 g/mol.